The van der Waals surface area contributed by atoms with Gasteiger partial charge in [-0.2, -0.15) is 0 Å². The van der Waals surface area contributed by atoms with Crippen LogP contribution >= 0.6 is 38.9 Å². The fourth-order valence-electron chi connectivity index (χ4n) is 2.47. The number of nitrogens with zero attached hydrogens (tertiary/aromatic N) is 1. The number of aryl methyl sites for hydroxylation is 1. The molecule has 0 unspecified atom stereocenters. The van der Waals surface area contributed by atoms with E-state index in [0.717, 1.165) is 41.9 Å². The summed E-state index contributed by atoms with van der Waals surface area (Å²) in [5.74, 6) is 0. The van der Waals surface area contributed by atoms with Gasteiger partial charge in [-0.1, -0.05) is 29.8 Å². The second kappa shape index (κ2) is 5.91. The third kappa shape index (κ3) is 2.86. The highest BCUT2D eigenvalue weighted by atomic mass is 79.9. The van der Waals surface area contributed by atoms with Crippen LogP contribution in [0.25, 0.3) is 0 Å². The van der Waals surface area contributed by atoms with E-state index in [1.807, 2.05) is 24.3 Å². The van der Waals surface area contributed by atoms with Crippen molar-refractivity contribution in [1.82, 2.24) is 0 Å². The number of halogens is 2. The molecule has 0 radical (unpaired) electrons. The molecule has 1 aliphatic heterocycles. The van der Waals surface area contributed by atoms with Crippen molar-refractivity contribution in [3.8, 4) is 0 Å². The van der Waals surface area contributed by atoms with Crippen LogP contribution in [-0.2, 0) is 16.4 Å². The minimum Gasteiger partial charge on any atom is -0.265 e. The molecule has 7 heteroatoms. The predicted octanol–water partition coefficient (Wildman–Crippen LogP) is 4.70. The number of fused-ring (bicyclic) bond motifs is 1. The summed E-state index contributed by atoms with van der Waals surface area (Å²) < 4.78 is 28.3. The minimum atomic E-state index is -3.56. The number of para-hydroxylation sites is 1. The minimum absolute atomic E-state index is 0.274. The van der Waals surface area contributed by atoms with Crippen molar-refractivity contribution in [2.75, 3.05) is 10.8 Å². The smallest absolute Gasteiger partial charge is 0.265 e. The van der Waals surface area contributed by atoms with Gasteiger partial charge < -0.3 is 0 Å². The molecule has 112 valence electrons. The highest BCUT2D eigenvalue weighted by molar-refractivity contribution is 9.11. The van der Waals surface area contributed by atoms with Gasteiger partial charge in [0.05, 0.1) is 14.5 Å². The highest BCUT2D eigenvalue weighted by Gasteiger charge is 2.29. The van der Waals surface area contributed by atoms with Crippen molar-refractivity contribution < 1.29 is 8.42 Å². The van der Waals surface area contributed by atoms with Gasteiger partial charge in [-0.3, -0.25) is 4.31 Å². The van der Waals surface area contributed by atoms with Gasteiger partial charge in [-0.15, -0.1) is 11.3 Å². The van der Waals surface area contributed by atoms with E-state index in [1.165, 1.54) is 10.4 Å². The number of thiophene rings is 1. The maximum absolute atomic E-state index is 12.9. The Kier molecular flexibility index (Phi) is 4.32. The quantitative estimate of drug-likeness (QED) is 0.725. The number of hydrogen-bond acceptors (Lipinski definition) is 3. The summed E-state index contributed by atoms with van der Waals surface area (Å²) >= 11 is 10.4. The van der Waals surface area contributed by atoms with E-state index < -0.39 is 10.0 Å². The first-order valence-corrected chi connectivity index (χ1v) is 9.98. The Balaban J connectivity index is 2.10. The zero-order valence-corrected chi connectivity index (χ0v) is 15.0. The van der Waals surface area contributed by atoms with Crippen molar-refractivity contribution in [1.29, 1.82) is 0 Å². The van der Waals surface area contributed by atoms with E-state index in [4.69, 9.17) is 11.6 Å². The summed E-state index contributed by atoms with van der Waals surface area (Å²) in [5, 5.41) is 0.432. The average Bonchev–Trinajstić information content (AvgIpc) is 2.69. The standard InChI is InChI=1S/C14H13BrClNO2S2/c15-14-11(16)9-13(20-14)21(18,19)17-8-4-3-6-10-5-1-2-7-12(10)17/h1-2,5,7,9H,3-4,6,8H2. The Morgan fingerprint density at radius 1 is 1.24 bits per heavy atom. The molecule has 3 rings (SSSR count). The summed E-state index contributed by atoms with van der Waals surface area (Å²) in [4.78, 5) is 0. The van der Waals surface area contributed by atoms with Crippen LogP contribution in [0, 0.1) is 0 Å². The number of hydrogen-bond donors (Lipinski definition) is 0. The molecule has 1 aromatic heterocycles. The topological polar surface area (TPSA) is 37.4 Å². The van der Waals surface area contributed by atoms with Crippen LogP contribution in [0.1, 0.15) is 18.4 Å². The molecule has 0 amide bonds. The van der Waals surface area contributed by atoms with Crippen molar-refractivity contribution in [3.63, 3.8) is 0 Å². The van der Waals surface area contributed by atoms with Crippen LogP contribution in [0.3, 0.4) is 0 Å². The first-order valence-electron chi connectivity index (χ1n) is 6.55. The molecular weight excluding hydrogens is 394 g/mol. The van der Waals surface area contributed by atoms with Gasteiger partial charge >= 0.3 is 0 Å². The molecule has 21 heavy (non-hydrogen) atoms. The number of rotatable bonds is 2. The molecule has 0 atom stereocenters. The van der Waals surface area contributed by atoms with Gasteiger partial charge in [0, 0.05) is 6.54 Å². The van der Waals surface area contributed by atoms with Crippen LogP contribution in [0.5, 0.6) is 0 Å². The lowest BCUT2D eigenvalue weighted by atomic mass is 10.1. The molecule has 2 aromatic rings. The number of anilines is 1. The summed E-state index contributed by atoms with van der Waals surface area (Å²) in [6, 6.07) is 9.22. The van der Waals surface area contributed by atoms with Crippen LogP contribution in [-0.4, -0.2) is 15.0 Å². The van der Waals surface area contributed by atoms with E-state index in [-0.39, 0.29) is 4.21 Å². The van der Waals surface area contributed by atoms with Crippen LogP contribution in [0.15, 0.2) is 38.3 Å². The fourth-order valence-corrected chi connectivity index (χ4v) is 6.52. The Morgan fingerprint density at radius 2 is 2.00 bits per heavy atom. The lowest BCUT2D eigenvalue weighted by molar-refractivity contribution is 0.591. The first-order chi connectivity index (χ1) is 10.00. The van der Waals surface area contributed by atoms with E-state index in [0.29, 0.717) is 15.4 Å². The summed E-state index contributed by atoms with van der Waals surface area (Å²) in [6.07, 6.45) is 2.77. The molecule has 0 N–H and O–H groups in total. The normalized spacial score (nSPS) is 15.6. The van der Waals surface area contributed by atoms with E-state index >= 15 is 0 Å². The fraction of sp³-hybridized carbons (Fsp3) is 0.286. The Morgan fingerprint density at radius 3 is 2.71 bits per heavy atom. The first kappa shape index (κ1) is 15.3. The van der Waals surface area contributed by atoms with Gasteiger partial charge in [-0.05, 0) is 52.9 Å². The van der Waals surface area contributed by atoms with E-state index in [2.05, 4.69) is 15.9 Å². The third-order valence-corrected chi connectivity index (χ3v) is 8.22. The molecule has 0 saturated heterocycles. The van der Waals surface area contributed by atoms with Crippen molar-refractivity contribution >= 4 is 54.6 Å². The van der Waals surface area contributed by atoms with Crippen molar-refractivity contribution in [2.45, 2.75) is 23.5 Å². The largest absolute Gasteiger partial charge is 0.273 e. The van der Waals surface area contributed by atoms with Crippen LogP contribution in [0.4, 0.5) is 5.69 Å². The van der Waals surface area contributed by atoms with Gasteiger partial charge in [0.2, 0.25) is 0 Å². The van der Waals surface area contributed by atoms with Crippen LogP contribution < -0.4 is 4.31 Å². The van der Waals surface area contributed by atoms with Crippen LogP contribution in [0.2, 0.25) is 5.02 Å². The summed E-state index contributed by atoms with van der Waals surface area (Å²) in [5.41, 5.74) is 1.87. The van der Waals surface area contributed by atoms with Gasteiger partial charge in [0.1, 0.15) is 4.21 Å². The maximum atomic E-state index is 12.9. The lowest BCUT2D eigenvalue weighted by Crippen LogP contribution is -2.31. The second-order valence-corrected chi connectivity index (χ2v) is 9.72. The monoisotopic (exact) mass is 405 g/mol. The van der Waals surface area contributed by atoms with E-state index in [1.54, 1.807) is 0 Å². The zero-order chi connectivity index (χ0) is 15.0. The second-order valence-electron chi connectivity index (χ2n) is 4.85. The van der Waals surface area contributed by atoms with Crippen molar-refractivity contribution in [3.05, 3.63) is 44.7 Å². The highest BCUT2D eigenvalue weighted by Crippen LogP contribution is 2.38. The van der Waals surface area contributed by atoms with Gasteiger partial charge in [0.15, 0.2) is 0 Å². The summed E-state index contributed by atoms with van der Waals surface area (Å²) in [7, 11) is -3.56. The molecule has 1 aromatic carbocycles. The van der Waals surface area contributed by atoms with Gasteiger partial charge in [-0.25, -0.2) is 8.42 Å². The molecule has 0 bridgehead atoms. The summed E-state index contributed by atoms with van der Waals surface area (Å²) in [6.45, 7) is 0.506. The van der Waals surface area contributed by atoms with Crippen molar-refractivity contribution in [2.24, 2.45) is 0 Å². The maximum Gasteiger partial charge on any atom is 0.273 e. The molecule has 0 aliphatic carbocycles. The predicted molar refractivity (Wildman–Crippen MR) is 90.9 cm³/mol. The molecule has 3 nitrogen and oxygen atoms in total. The van der Waals surface area contributed by atoms with Gasteiger partial charge in [0.25, 0.3) is 10.0 Å². The zero-order valence-electron chi connectivity index (χ0n) is 11.1. The Labute approximate surface area is 141 Å². The molecular formula is C14H13BrClNO2S2. The SMILES string of the molecule is O=S(=O)(c1cc(Cl)c(Br)s1)N1CCCCc2ccccc21. The lowest BCUT2D eigenvalue weighted by Gasteiger charge is -2.23. The number of sulfonamides is 1. The average molecular weight is 407 g/mol. The Bertz CT molecular complexity index is 754. The molecule has 0 saturated carbocycles. The third-order valence-electron chi connectivity index (χ3n) is 3.48. The molecule has 1 aliphatic rings. The molecule has 0 spiro atoms. The molecule has 2 heterocycles. The van der Waals surface area contributed by atoms with E-state index in [9.17, 15) is 8.42 Å². The molecule has 0 fully saturated rings. The number of benzene rings is 1. The Hall–Kier alpha value is -0.560.